The van der Waals surface area contributed by atoms with Gasteiger partial charge in [0, 0.05) is 0 Å². The number of rotatable bonds is 0. The molecule has 0 saturated heterocycles. The lowest BCUT2D eigenvalue weighted by molar-refractivity contribution is 0.0198. The lowest BCUT2D eigenvalue weighted by atomic mass is 9.56. The van der Waals surface area contributed by atoms with E-state index in [2.05, 4.69) is 0 Å². The van der Waals surface area contributed by atoms with Crippen molar-refractivity contribution >= 4 is 12.4 Å². The van der Waals surface area contributed by atoms with Gasteiger partial charge >= 0.3 is 0 Å². The van der Waals surface area contributed by atoms with Gasteiger partial charge in [-0.2, -0.15) is 0 Å². The van der Waals surface area contributed by atoms with Crippen LogP contribution in [-0.4, -0.2) is 0 Å². The molecule has 4 rings (SSSR count). The molecule has 0 aromatic rings. The Kier molecular flexibility index (Phi) is 4.74. The molecule has 0 heterocycles. The molecular weight excluding hydrogens is 182 g/mol. The van der Waals surface area contributed by atoms with Gasteiger partial charge in [0.2, 0.25) is 0 Å². The third-order valence-electron chi connectivity index (χ3n) is 4.00. The molecule has 4 saturated carbocycles. The van der Waals surface area contributed by atoms with Crippen LogP contribution in [0.3, 0.4) is 0 Å². The molecule has 0 aromatic carbocycles. The van der Waals surface area contributed by atoms with Crippen molar-refractivity contribution in [3.05, 3.63) is 0 Å². The SMILES string of the molecule is C.C1C2CC3CC1CC(C2)C3.Cl.N. The Morgan fingerprint density at radius 1 is 0.538 bits per heavy atom. The number of hydrogen-bond donors (Lipinski definition) is 1. The maximum Gasteiger partial charge on any atom is -0.0406 e. The Morgan fingerprint density at radius 3 is 0.846 bits per heavy atom. The summed E-state index contributed by atoms with van der Waals surface area (Å²) in [4.78, 5) is 0. The molecule has 4 aliphatic rings. The molecule has 0 aromatic heterocycles. The summed E-state index contributed by atoms with van der Waals surface area (Å²) < 4.78 is 0. The molecule has 4 fully saturated rings. The molecule has 0 spiro atoms. The van der Waals surface area contributed by atoms with Crippen LogP contribution in [0.15, 0.2) is 0 Å². The van der Waals surface area contributed by atoms with Crippen molar-refractivity contribution < 1.29 is 0 Å². The normalized spacial score (nSPS) is 44.3. The molecule has 0 amide bonds. The second-order valence-electron chi connectivity index (χ2n) is 4.88. The van der Waals surface area contributed by atoms with Gasteiger partial charge in [-0.25, -0.2) is 0 Å². The van der Waals surface area contributed by atoms with Crippen molar-refractivity contribution in [2.45, 2.75) is 46.0 Å². The topological polar surface area (TPSA) is 35.0 Å². The third-order valence-corrected chi connectivity index (χ3v) is 4.00. The quantitative estimate of drug-likeness (QED) is 0.636. The summed E-state index contributed by atoms with van der Waals surface area (Å²) in [6, 6.07) is 0. The maximum atomic E-state index is 1.60. The highest BCUT2D eigenvalue weighted by Gasteiger charge is 2.41. The first kappa shape index (κ1) is 13.2. The van der Waals surface area contributed by atoms with Gasteiger partial charge in [-0.05, 0) is 62.2 Å². The van der Waals surface area contributed by atoms with E-state index in [9.17, 15) is 0 Å². The maximum absolute atomic E-state index is 1.60. The van der Waals surface area contributed by atoms with Crippen molar-refractivity contribution in [2.75, 3.05) is 0 Å². The van der Waals surface area contributed by atoms with Crippen LogP contribution in [0.2, 0.25) is 0 Å². The van der Waals surface area contributed by atoms with Gasteiger partial charge < -0.3 is 6.15 Å². The Hall–Kier alpha value is 0.250. The van der Waals surface area contributed by atoms with E-state index in [-0.39, 0.29) is 26.0 Å². The smallest absolute Gasteiger partial charge is 0.0406 e. The second kappa shape index (κ2) is 4.65. The second-order valence-corrected chi connectivity index (χ2v) is 4.88. The van der Waals surface area contributed by atoms with Gasteiger partial charge in [-0.3, -0.25) is 0 Å². The van der Waals surface area contributed by atoms with Gasteiger partial charge in [0.05, 0.1) is 0 Å². The van der Waals surface area contributed by atoms with E-state index in [1.807, 2.05) is 0 Å². The Labute approximate surface area is 88.7 Å². The highest BCUT2D eigenvalue weighted by atomic mass is 35.5. The van der Waals surface area contributed by atoms with Crippen LogP contribution in [0.5, 0.6) is 0 Å². The van der Waals surface area contributed by atoms with E-state index in [4.69, 9.17) is 0 Å². The average Bonchev–Trinajstić information content (AvgIpc) is 1.82. The van der Waals surface area contributed by atoms with E-state index in [1.54, 1.807) is 38.5 Å². The Bertz CT molecular complexity index is 102. The summed E-state index contributed by atoms with van der Waals surface area (Å²) in [5, 5.41) is 0. The molecule has 13 heavy (non-hydrogen) atoms. The zero-order valence-electron chi connectivity index (χ0n) is 7.67. The van der Waals surface area contributed by atoms with Crippen LogP contribution in [0.1, 0.15) is 46.0 Å². The van der Waals surface area contributed by atoms with Crippen LogP contribution in [0.4, 0.5) is 0 Å². The summed E-state index contributed by atoms with van der Waals surface area (Å²) in [6.07, 6.45) is 9.62. The monoisotopic (exact) mass is 205 g/mol. The summed E-state index contributed by atoms with van der Waals surface area (Å²) in [7, 11) is 0. The molecule has 3 N–H and O–H groups in total. The van der Waals surface area contributed by atoms with Crippen LogP contribution in [-0.2, 0) is 0 Å². The first-order valence-electron chi connectivity index (χ1n) is 4.90. The van der Waals surface area contributed by atoms with E-state index in [1.165, 1.54) is 23.7 Å². The molecule has 0 aliphatic heterocycles. The van der Waals surface area contributed by atoms with E-state index in [0.717, 1.165) is 0 Å². The molecule has 80 valence electrons. The molecule has 0 atom stereocenters. The highest BCUT2D eigenvalue weighted by Crippen LogP contribution is 2.53. The predicted octanol–water partition coefficient (Wildman–Crippen LogP) is 4.05. The summed E-state index contributed by atoms with van der Waals surface area (Å²) in [5.74, 6) is 4.71. The van der Waals surface area contributed by atoms with Crippen molar-refractivity contribution in [2.24, 2.45) is 23.7 Å². The first-order chi connectivity index (χ1) is 4.90. The minimum Gasteiger partial charge on any atom is -0.344 e. The fourth-order valence-electron chi connectivity index (χ4n) is 3.98. The zero-order valence-corrected chi connectivity index (χ0v) is 8.48. The number of hydrogen-bond acceptors (Lipinski definition) is 1. The van der Waals surface area contributed by atoms with E-state index in [0.29, 0.717) is 0 Å². The Morgan fingerprint density at radius 2 is 0.692 bits per heavy atom. The minimum absolute atomic E-state index is 0. The Balaban J connectivity index is 0.000000480. The van der Waals surface area contributed by atoms with Crippen molar-refractivity contribution in [3.63, 3.8) is 0 Å². The average molecular weight is 206 g/mol. The van der Waals surface area contributed by atoms with Gasteiger partial charge in [-0.1, -0.05) is 7.43 Å². The molecule has 4 aliphatic carbocycles. The van der Waals surface area contributed by atoms with Crippen LogP contribution in [0.25, 0.3) is 0 Å². The highest BCUT2D eigenvalue weighted by molar-refractivity contribution is 5.85. The van der Waals surface area contributed by atoms with E-state index >= 15 is 0 Å². The van der Waals surface area contributed by atoms with Gasteiger partial charge in [0.1, 0.15) is 0 Å². The third kappa shape index (κ3) is 2.19. The van der Waals surface area contributed by atoms with Gasteiger partial charge in [-0.15, -0.1) is 12.4 Å². The summed E-state index contributed by atoms with van der Waals surface area (Å²) >= 11 is 0. The van der Waals surface area contributed by atoms with Crippen LogP contribution >= 0.6 is 12.4 Å². The molecule has 4 bridgehead atoms. The van der Waals surface area contributed by atoms with Crippen LogP contribution < -0.4 is 6.15 Å². The molecule has 0 unspecified atom stereocenters. The molecule has 1 nitrogen and oxygen atoms in total. The molecule has 0 radical (unpaired) electrons. The van der Waals surface area contributed by atoms with Crippen molar-refractivity contribution in [1.29, 1.82) is 0 Å². The molecule has 2 heteroatoms. The van der Waals surface area contributed by atoms with Crippen LogP contribution in [0, 0.1) is 23.7 Å². The lowest BCUT2D eigenvalue weighted by Gasteiger charge is -2.49. The van der Waals surface area contributed by atoms with Crippen molar-refractivity contribution in [3.8, 4) is 0 Å². The van der Waals surface area contributed by atoms with Gasteiger partial charge in [0.15, 0.2) is 0 Å². The minimum atomic E-state index is 0. The largest absolute Gasteiger partial charge is 0.344 e. The standard InChI is InChI=1S/C10H16.CH4.ClH.H3N/c1-7-2-9-4-8(1)5-10(3-7)6-9;;;/h7-10H,1-6H2;1H4;1H;1H3. The van der Waals surface area contributed by atoms with E-state index < -0.39 is 0 Å². The first-order valence-corrected chi connectivity index (χ1v) is 4.90. The van der Waals surface area contributed by atoms with Crippen molar-refractivity contribution in [1.82, 2.24) is 6.15 Å². The molecular formula is C11H24ClN. The fourth-order valence-corrected chi connectivity index (χ4v) is 3.98. The fraction of sp³-hybridized carbons (Fsp3) is 1.00. The van der Waals surface area contributed by atoms with Gasteiger partial charge in [0.25, 0.3) is 0 Å². The lowest BCUT2D eigenvalue weighted by Crippen LogP contribution is -2.38. The predicted molar refractivity (Wildman–Crippen MR) is 60.7 cm³/mol. The summed E-state index contributed by atoms with van der Waals surface area (Å²) in [6.45, 7) is 0. The number of halogens is 1. The zero-order chi connectivity index (χ0) is 6.55. The summed E-state index contributed by atoms with van der Waals surface area (Å²) in [5.41, 5.74) is 0.